The number of hydrogen-bond acceptors (Lipinski definition) is 2. The van der Waals surface area contributed by atoms with Gasteiger partial charge in [-0.05, 0) is 31.8 Å². The fraction of sp³-hybridized carbons (Fsp3) is 0.833. The minimum atomic E-state index is -0.643. The molecule has 1 heterocycles. The van der Waals surface area contributed by atoms with Crippen LogP contribution in [0.15, 0.2) is 11.8 Å². The van der Waals surface area contributed by atoms with Gasteiger partial charge in [0.1, 0.15) is 0 Å². The Hall–Kier alpha value is -0.500. The van der Waals surface area contributed by atoms with Gasteiger partial charge in [-0.2, -0.15) is 0 Å². The summed E-state index contributed by atoms with van der Waals surface area (Å²) in [5.74, 6) is 0. The average molecular weight is 198 g/mol. The molecule has 1 unspecified atom stereocenters. The van der Waals surface area contributed by atoms with Crippen molar-refractivity contribution in [3.63, 3.8) is 0 Å². The maximum atomic E-state index is 10.2. The van der Waals surface area contributed by atoms with Gasteiger partial charge in [-0.15, -0.1) is 0 Å². The minimum absolute atomic E-state index is 0.643. The molecule has 2 heteroatoms. The van der Waals surface area contributed by atoms with E-state index >= 15 is 0 Å². The van der Waals surface area contributed by atoms with E-state index in [1.165, 1.54) is 12.8 Å². The fourth-order valence-corrected chi connectivity index (χ4v) is 1.84. The maximum absolute atomic E-state index is 10.2. The molecule has 0 aromatic rings. The predicted molar refractivity (Wildman–Crippen MR) is 58.0 cm³/mol. The largest absolute Gasteiger partial charge is 0.501 e. The molecule has 0 aromatic heterocycles. The van der Waals surface area contributed by atoms with Gasteiger partial charge in [0.15, 0.2) is 0 Å². The molecule has 1 aliphatic heterocycles. The standard InChI is InChI=1S/C12H22O2/c1-3-4-5-8-12(2,13)11-7-6-9-14-10-11/h10,13H,3-9H2,1-2H3. The summed E-state index contributed by atoms with van der Waals surface area (Å²) in [5, 5.41) is 10.2. The molecule has 0 aromatic carbocycles. The topological polar surface area (TPSA) is 29.5 Å². The summed E-state index contributed by atoms with van der Waals surface area (Å²) in [6.45, 7) is 4.88. The van der Waals surface area contributed by atoms with Gasteiger partial charge in [0.25, 0.3) is 0 Å². The summed E-state index contributed by atoms with van der Waals surface area (Å²) >= 11 is 0. The fourth-order valence-electron chi connectivity index (χ4n) is 1.84. The summed E-state index contributed by atoms with van der Waals surface area (Å²) in [7, 11) is 0. The molecule has 0 bridgehead atoms. The summed E-state index contributed by atoms with van der Waals surface area (Å²) < 4.78 is 5.25. The van der Waals surface area contributed by atoms with Crippen molar-refractivity contribution in [3.8, 4) is 0 Å². The first kappa shape index (κ1) is 11.6. The normalized spacial score (nSPS) is 20.9. The highest BCUT2D eigenvalue weighted by Crippen LogP contribution is 2.28. The number of rotatable bonds is 5. The molecule has 1 rings (SSSR count). The molecule has 0 saturated carbocycles. The van der Waals surface area contributed by atoms with E-state index < -0.39 is 5.60 Å². The molecule has 0 amide bonds. The van der Waals surface area contributed by atoms with E-state index in [0.29, 0.717) is 0 Å². The quantitative estimate of drug-likeness (QED) is 0.688. The van der Waals surface area contributed by atoms with Crippen LogP contribution in [-0.2, 0) is 4.74 Å². The lowest BCUT2D eigenvalue weighted by Gasteiger charge is -2.28. The molecule has 82 valence electrons. The van der Waals surface area contributed by atoms with Crippen LogP contribution in [0.25, 0.3) is 0 Å². The summed E-state index contributed by atoms with van der Waals surface area (Å²) in [6, 6.07) is 0. The van der Waals surface area contributed by atoms with Crippen LogP contribution in [-0.4, -0.2) is 17.3 Å². The molecule has 0 saturated heterocycles. The molecule has 1 atom stereocenters. The smallest absolute Gasteiger partial charge is 0.0876 e. The van der Waals surface area contributed by atoms with Crippen LogP contribution in [0.4, 0.5) is 0 Å². The van der Waals surface area contributed by atoms with Crippen LogP contribution in [0.5, 0.6) is 0 Å². The van der Waals surface area contributed by atoms with Gasteiger partial charge < -0.3 is 9.84 Å². The first-order chi connectivity index (χ1) is 6.67. The van der Waals surface area contributed by atoms with E-state index in [1.807, 2.05) is 6.92 Å². The van der Waals surface area contributed by atoms with Crippen molar-refractivity contribution in [2.75, 3.05) is 6.61 Å². The van der Waals surface area contributed by atoms with Gasteiger partial charge in [-0.25, -0.2) is 0 Å². The Morgan fingerprint density at radius 2 is 2.29 bits per heavy atom. The van der Waals surface area contributed by atoms with E-state index in [0.717, 1.165) is 37.9 Å². The van der Waals surface area contributed by atoms with Crippen molar-refractivity contribution in [1.29, 1.82) is 0 Å². The van der Waals surface area contributed by atoms with Gasteiger partial charge in [-0.1, -0.05) is 26.2 Å². The molecule has 0 aliphatic carbocycles. The van der Waals surface area contributed by atoms with Gasteiger partial charge in [0, 0.05) is 0 Å². The lowest BCUT2D eigenvalue weighted by atomic mass is 9.87. The summed E-state index contributed by atoms with van der Waals surface area (Å²) in [5.41, 5.74) is 0.426. The molecule has 0 radical (unpaired) electrons. The Labute approximate surface area is 87.0 Å². The highest BCUT2D eigenvalue weighted by molar-refractivity contribution is 5.14. The zero-order chi connectivity index (χ0) is 10.4. The van der Waals surface area contributed by atoms with Crippen LogP contribution < -0.4 is 0 Å². The second kappa shape index (κ2) is 5.40. The summed E-state index contributed by atoms with van der Waals surface area (Å²) in [4.78, 5) is 0. The Balaban J connectivity index is 2.41. The molecule has 0 fully saturated rings. The van der Waals surface area contributed by atoms with Gasteiger partial charge in [0.05, 0.1) is 18.5 Å². The second-order valence-electron chi connectivity index (χ2n) is 4.35. The number of unbranched alkanes of at least 4 members (excludes halogenated alkanes) is 2. The highest BCUT2D eigenvalue weighted by Gasteiger charge is 2.26. The van der Waals surface area contributed by atoms with Crippen molar-refractivity contribution < 1.29 is 9.84 Å². The van der Waals surface area contributed by atoms with Crippen molar-refractivity contribution in [3.05, 3.63) is 11.8 Å². The maximum Gasteiger partial charge on any atom is 0.0876 e. The minimum Gasteiger partial charge on any atom is -0.501 e. The zero-order valence-electron chi connectivity index (χ0n) is 9.38. The van der Waals surface area contributed by atoms with E-state index in [4.69, 9.17) is 4.74 Å². The Bertz CT molecular complexity index is 194. The van der Waals surface area contributed by atoms with Gasteiger partial charge in [-0.3, -0.25) is 0 Å². The Morgan fingerprint density at radius 3 is 2.86 bits per heavy atom. The third kappa shape index (κ3) is 3.33. The lowest BCUT2D eigenvalue weighted by Crippen LogP contribution is -2.28. The molecule has 1 aliphatic rings. The van der Waals surface area contributed by atoms with Crippen LogP contribution in [0.3, 0.4) is 0 Å². The highest BCUT2D eigenvalue weighted by atomic mass is 16.5. The molecule has 0 spiro atoms. The zero-order valence-corrected chi connectivity index (χ0v) is 9.38. The van der Waals surface area contributed by atoms with Crippen LogP contribution in [0.1, 0.15) is 52.4 Å². The average Bonchev–Trinajstić information content (AvgIpc) is 2.19. The number of ether oxygens (including phenoxy) is 1. The second-order valence-corrected chi connectivity index (χ2v) is 4.35. The molecule has 1 N–H and O–H groups in total. The summed E-state index contributed by atoms with van der Waals surface area (Å²) in [6.07, 6.45) is 8.14. The molecular weight excluding hydrogens is 176 g/mol. The first-order valence-electron chi connectivity index (χ1n) is 5.70. The van der Waals surface area contributed by atoms with E-state index in [9.17, 15) is 5.11 Å². The third-order valence-electron chi connectivity index (χ3n) is 2.89. The van der Waals surface area contributed by atoms with Crippen molar-refractivity contribution in [2.24, 2.45) is 0 Å². The van der Waals surface area contributed by atoms with Gasteiger partial charge in [0.2, 0.25) is 0 Å². The van der Waals surface area contributed by atoms with E-state index in [2.05, 4.69) is 6.92 Å². The van der Waals surface area contributed by atoms with Gasteiger partial charge >= 0.3 is 0 Å². The van der Waals surface area contributed by atoms with E-state index in [1.54, 1.807) is 6.26 Å². The van der Waals surface area contributed by atoms with Crippen molar-refractivity contribution >= 4 is 0 Å². The van der Waals surface area contributed by atoms with Crippen molar-refractivity contribution in [1.82, 2.24) is 0 Å². The first-order valence-corrected chi connectivity index (χ1v) is 5.70. The lowest BCUT2D eigenvalue weighted by molar-refractivity contribution is 0.0693. The Morgan fingerprint density at radius 1 is 1.50 bits per heavy atom. The van der Waals surface area contributed by atoms with Crippen LogP contribution in [0.2, 0.25) is 0 Å². The SMILES string of the molecule is CCCCCC(C)(O)C1=COCCC1. The number of hydrogen-bond donors (Lipinski definition) is 1. The molecule has 2 nitrogen and oxygen atoms in total. The van der Waals surface area contributed by atoms with E-state index in [-0.39, 0.29) is 0 Å². The van der Waals surface area contributed by atoms with Crippen LogP contribution in [0, 0.1) is 0 Å². The van der Waals surface area contributed by atoms with Crippen LogP contribution >= 0.6 is 0 Å². The predicted octanol–water partition coefficient (Wildman–Crippen LogP) is 3.01. The third-order valence-corrected chi connectivity index (χ3v) is 2.89. The Kier molecular flexibility index (Phi) is 4.46. The van der Waals surface area contributed by atoms with Crippen molar-refractivity contribution in [2.45, 2.75) is 58.0 Å². The number of aliphatic hydroxyl groups is 1. The molecular formula is C12H22O2. The molecule has 14 heavy (non-hydrogen) atoms. The monoisotopic (exact) mass is 198 g/mol.